The number of hydrogen-bond acceptors (Lipinski definition) is 4. The van der Waals surface area contributed by atoms with E-state index in [1.54, 1.807) is 11.3 Å². The van der Waals surface area contributed by atoms with Gasteiger partial charge in [-0.1, -0.05) is 0 Å². The summed E-state index contributed by atoms with van der Waals surface area (Å²) in [6, 6.07) is 2.77. The summed E-state index contributed by atoms with van der Waals surface area (Å²) in [4.78, 5) is 4.25. The highest BCUT2D eigenvalue weighted by Gasteiger charge is 2.21. The van der Waals surface area contributed by atoms with Crippen LogP contribution in [0.5, 0.6) is 0 Å². The van der Waals surface area contributed by atoms with E-state index in [1.807, 2.05) is 0 Å². The molecule has 0 atom stereocenters. The monoisotopic (exact) mass is 220 g/mol. The average molecular weight is 220 g/mol. The molecule has 2 aromatic rings. The second-order valence-electron chi connectivity index (χ2n) is 3.80. The van der Waals surface area contributed by atoms with Crippen molar-refractivity contribution in [3.63, 3.8) is 0 Å². The normalized spacial score (nSPS) is 15.7. The summed E-state index contributed by atoms with van der Waals surface area (Å²) in [6.45, 7) is 0.812. The van der Waals surface area contributed by atoms with Crippen molar-refractivity contribution in [2.45, 2.75) is 25.4 Å². The van der Waals surface area contributed by atoms with Crippen molar-refractivity contribution in [1.29, 1.82) is 0 Å². The highest BCUT2D eigenvalue weighted by molar-refractivity contribution is 7.08. The lowest BCUT2D eigenvalue weighted by Crippen LogP contribution is -2.15. The Morgan fingerprint density at radius 1 is 1.53 bits per heavy atom. The summed E-state index contributed by atoms with van der Waals surface area (Å²) in [5.41, 5.74) is 2.14. The smallest absolute Gasteiger partial charge is 0.181 e. The van der Waals surface area contributed by atoms with Crippen LogP contribution in [0.2, 0.25) is 0 Å². The van der Waals surface area contributed by atoms with Gasteiger partial charge in [-0.05, 0) is 24.3 Å². The SMILES string of the molecule is c1nc(CNC2CC2)c(-c2ccsc2)o1. The third-order valence-electron chi connectivity index (χ3n) is 2.56. The van der Waals surface area contributed by atoms with E-state index >= 15 is 0 Å². The maximum atomic E-state index is 5.42. The molecular weight excluding hydrogens is 208 g/mol. The van der Waals surface area contributed by atoms with Crippen LogP contribution in [0.1, 0.15) is 18.5 Å². The van der Waals surface area contributed by atoms with Crippen molar-refractivity contribution in [2.75, 3.05) is 0 Å². The van der Waals surface area contributed by atoms with Gasteiger partial charge >= 0.3 is 0 Å². The van der Waals surface area contributed by atoms with Crippen LogP contribution < -0.4 is 5.32 Å². The molecule has 0 saturated heterocycles. The van der Waals surface area contributed by atoms with E-state index in [4.69, 9.17) is 4.42 Å². The molecule has 2 heterocycles. The number of nitrogens with zero attached hydrogens (tertiary/aromatic N) is 1. The van der Waals surface area contributed by atoms with Crippen molar-refractivity contribution in [1.82, 2.24) is 10.3 Å². The Hall–Kier alpha value is -1.13. The van der Waals surface area contributed by atoms with Gasteiger partial charge in [-0.2, -0.15) is 11.3 Å². The van der Waals surface area contributed by atoms with Crippen molar-refractivity contribution < 1.29 is 4.42 Å². The Balaban J connectivity index is 1.79. The van der Waals surface area contributed by atoms with Gasteiger partial charge in [-0.3, -0.25) is 0 Å². The number of oxazole rings is 1. The zero-order valence-electron chi connectivity index (χ0n) is 8.27. The van der Waals surface area contributed by atoms with Gasteiger partial charge in [-0.25, -0.2) is 4.98 Å². The molecule has 1 fully saturated rings. The van der Waals surface area contributed by atoms with E-state index in [1.165, 1.54) is 19.2 Å². The van der Waals surface area contributed by atoms with Crippen LogP contribution in [0.4, 0.5) is 0 Å². The molecule has 78 valence electrons. The largest absolute Gasteiger partial charge is 0.443 e. The quantitative estimate of drug-likeness (QED) is 0.860. The second kappa shape index (κ2) is 3.79. The Kier molecular flexibility index (Phi) is 2.31. The van der Waals surface area contributed by atoms with Crippen LogP contribution in [-0.2, 0) is 6.54 Å². The maximum Gasteiger partial charge on any atom is 0.181 e. The number of thiophene rings is 1. The van der Waals surface area contributed by atoms with Crippen LogP contribution in [-0.4, -0.2) is 11.0 Å². The first-order valence-electron chi connectivity index (χ1n) is 5.12. The minimum Gasteiger partial charge on any atom is -0.443 e. The first kappa shape index (κ1) is 9.12. The highest BCUT2D eigenvalue weighted by Crippen LogP contribution is 2.26. The Bertz CT molecular complexity index is 431. The Morgan fingerprint density at radius 3 is 3.20 bits per heavy atom. The number of nitrogens with one attached hydrogen (secondary N) is 1. The van der Waals surface area contributed by atoms with Crippen LogP contribution in [0, 0.1) is 0 Å². The first-order valence-corrected chi connectivity index (χ1v) is 6.06. The molecule has 0 radical (unpaired) electrons. The van der Waals surface area contributed by atoms with Gasteiger partial charge < -0.3 is 9.73 Å². The zero-order chi connectivity index (χ0) is 10.1. The fourth-order valence-corrected chi connectivity index (χ4v) is 2.19. The third-order valence-corrected chi connectivity index (χ3v) is 3.24. The average Bonchev–Trinajstić information content (AvgIpc) is 2.79. The van der Waals surface area contributed by atoms with Gasteiger partial charge in [0.1, 0.15) is 5.69 Å². The Morgan fingerprint density at radius 2 is 2.47 bits per heavy atom. The predicted octanol–water partition coefficient (Wildman–Crippen LogP) is 2.66. The Labute approximate surface area is 92.1 Å². The molecule has 0 aliphatic heterocycles. The minimum atomic E-state index is 0.706. The summed E-state index contributed by atoms with van der Waals surface area (Å²) >= 11 is 1.68. The molecule has 1 saturated carbocycles. The van der Waals surface area contributed by atoms with Gasteiger partial charge in [0.25, 0.3) is 0 Å². The molecule has 0 amide bonds. The van der Waals surface area contributed by atoms with Crippen LogP contribution >= 0.6 is 11.3 Å². The molecule has 1 N–H and O–H groups in total. The molecule has 0 aromatic carbocycles. The molecule has 2 aromatic heterocycles. The molecule has 0 spiro atoms. The fourth-order valence-electron chi connectivity index (χ4n) is 1.55. The highest BCUT2D eigenvalue weighted by atomic mass is 32.1. The van der Waals surface area contributed by atoms with E-state index in [2.05, 4.69) is 27.1 Å². The third kappa shape index (κ3) is 1.96. The summed E-state index contributed by atoms with van der Waals surface area (Å²) < 4.78 is 5.42. The molecule has 1 aliphatic carbocycles. The first-order chi connectivity index (χ1) is 7.43. The van der Waals surface area contributed by atoms with E-state index < -0.39 is 0 Å². The fraction of sp³-hybridized carbons (Fsp3) is 0.364. The lowest BCUT2D eigenvalue weighted by Gasteiger charge is -2.00. The van der Waals surface area contributed by atoms with E-state index in [9.17, 15) is 0 Å². The van der Waals surface area contributed by atoms with E-state index in [0.717, 1.165) is 23.6 Å². The van der Waals surface area contributed by atoms with Gasteiger partial charge in [0.05, 0.1) is 0 Å². The summed E-state index contributed by atoms with van der Waals surface area (Å²) in [6.07, 6.45) is 4.12. The number of rotatable bonds is 4. The van der Waals surface area contributed by atoms with Gasteiger partial charge in [0.15, 0.2) is 12.2 Å². The van der Waals surface area contributed by atoms with Crippen molar-refractivity contribution in [3.05, 3.63) is 28.9 Å². The zero-order valence-corrected chi connectivity index (χ0v) is 9.09. The summed E-state index contributed by atoms with van der Waals surface area (Å²) in [5, 5.41) is 7.58. The molecule has 0 bridgehead atoms. The van der Waals surface area contributed by atoms with Gasteiger partial charge in [0, 0.05) is 23.5 Å². The van der Waals surface area contributed by atoms with Crippen LogP contribution in [0.25, 0.3) is 11.3 Å². The number of hydrogen-bond donors (Lipinski definition) is 1. The van der Waals surface area contributed by atoms with E-state index in [-0.39, 0.29) is 0 Å². The summed E-state index contributed by atoms with van der Waals surface area (Å²) in [5.74, 6) is 0.907. The lowest BCUT2D eigenvalue weighted by atomic mass is 10.2. The van der Waals surface area contributed by atoms with Crippen LogP contribution in [0.15, 0.2) is 27.6 Å². The molecular formula is C11H12N2OS. The predicted molar refractivity (Wildman–Crippen MR) is 59.7 cm³/mol. The molecule has 15 heavy (non-hydrogen) atoms. The van der Waals surface area contributed by atoms with Crippen molar-refractivity contribution in [2.24, 2.45) is 0 Å². The summed E-state index contributed by atoms with van der Waals surface area (Å²) in [7, 11) is 0. The van der Waals surface area contributed by atoms with Gasteiger partial charge in [-0.15, -0.1) is 0 Å². The van der Waals surface area contributed by atoms with E-state index in [0.29, 0.717) is 6.04 Å². The minimum absolute atomic E-state index is 0.706. The number of aromatic nitrogens is 1. The topological polar surface area (TPSA) is 38.1 Å². The molecule has 0 unspecified atom stereocenters. The molecule has 3 rings (SSSR count). The van der Waals surface area contributed by atoms with Crippen molar-refractivity contribution in [3.8, 4) is 11.3 Å². The molecule has 4 heteroatoms. The molecule has 3 nitrogen and oxygen atoms in total. The maximum absolute atomic E-state index is 5.42. The standard InChI is InChI=1S/C11H12N2OS/c1-2-9(1)12-5-10-11(14-7-13-10)8-3-4-15-6-8/h3-4,6-7,9,12H,1-2,5H2. The van der Waals surface area contributed by atoms with Crippen molar-refractivity contribution >= 4 is 11.3 Å². The van der Waals surface area contributed by atoms with Crippen LogP contribution in [0.3, 0.4) is 0 Å². The molecule has 1 aliphatic rings. The lowest BCUT2D eigenvalue weighted by molar-refractivity contribution is 0.569. The second-order valence-corrected chi connectivity index (χ2v) is 4.58. The van der Waals surface area contributed by atoms with Gasteiger partial charge in [0.2, 0.25) is 0 Å².